The average Bonchev–Trinajstić information content (AvgIpc) is 2.23. The standard InChI is InChI=1S/C10H14O3/c1-6-3-4-8-7(2)13-9(11)10(8,12)5-6/h6,12H,3-5H2,1-2H3. The molecule has 0 aromatic rings. The van der Waals surface area contributed by atoms with E-state index in [2.05, 4.69) is 6.92 Å². The van der Waals surface area contributed by atoms with E-state index in [0.717, 1.165) is 18.4 Å². The second-order valence-corrected chi connectivity index (χ2v) is 4.13. The summed E-state index contributed by atoms with van der Waals surface area (Å²) < 4.78 is 4.95. The lowest BCUT2D eigenvalue weighted by Gasteiger charge is -2.30. The summed E-state index contributed by atoms with van der Waals surface area (Å²) in [5.74, 6) is 0.526. The Morgan fingerprint density at radius 3 is 3.00 bits per heavy atom. The summed E-state index contributed by atoms with van der Waals surface area (Å²) in [5.41, 5.74) is -0.488. The Morgan fingerprint density at radius 1 is 1.62 bits per heavy atom. The third kappa shape index (κ3) is 1.10. The minimum absolute atomic E-state index is 0.396. The van der Waals surface area contributed by atoms with Gasteiger partial charge in [0.05, 0.1) is 0 Å². The number of aliphatic hydroxyl groups is 1. The highest BCUT2D eigenvalue weighted by molar-refractivity contribution is 5.87. The van der Waals surface area contributed by atoms with Crippen LogP contribution in [0.2, 0.25) is 0 Å². The van der Waals surface area contributed by atoms with Gasteiger partial charge in [-0.3, -0.25) is 0 Å². The van der Waals surface area contributed by atoms with Crippen molar-refractivity contribution in [2.45, 2.75) is 38.7 Å². The lowest BCUT2D eigenvalue weighted by molar-refractivity contribution is -0.154. The molecule has 0 saturated heterocycles. The van der Waals surface area contributed by atoms with Crippen LogP contribution >= 0.6 is 0 Å². The molecule has 2 unspecified atom stereocenters. The number of esters is 1. The average molecular weight is 182 g/mol. The van der Waals surface area contributed by atoms with Crippen molar-refractivity contribution in [1.29, 1.82) is 0 Å². The number of ether oxygens (including phenoxy) is 1. The van der Waals surface area contributed by atoms with Crippen LogP contribution in [0.3, 0.4) is 0 Å². The zero-order valence-electron chi connectivity index (χ0n) is 7.96. The normalized spacial score (nSPS) is 39.0. The quantitative estimate of drug-likeness (QED) is 0.575. The predicted octanol–water partition coefficient (Wildman–Crippen LogP) is 1.37. The molecule has 0 aromatic heterocycles. The number of hydrogen-bond acceptors (Lipinski definition) is 3. The molecule has 2 atom stereocenters. The topological polar surface area (TPSA) is 46.5 Å². The minimum atomic E-state index is -1.29. The highest BCUT2D eigenvalue weighted by Gasteiger charge is 2.50. The molecule has 1 saturated carbocycles. The van der Waals surface area contributed by atoms with Gasteiger partial charge in [0.1, 0.15) is 5.76 Å². The summed E-state index contributed by atoms with van der Waals surface area (Å²) in [6.45, 7) is 3.80. The van der Waals surface area contributed by atoms with Crippen LogP contribution in [0.1, 0.15) is 33.1 Å². The Balaban J connectivity index is 2.38. The summed E-state index contributed by atoms with van der Waals surface area (Å²) in [6.07, 6.45) is 2.33. The Labute approximate surface area is 77.4 Å². The molecule has 1 aliphatic carbocycles. The first kappa shape index (κ1) is 8.75. The Bertz CT molecular complexity index is 293. The Hall–Kier alpha value is -0.830. The van der Waals surface area contributed by atoms with Gasteiger partial charge < -0.3 is 9.84 Å². The van der Waals surface area contributed by atoms with E-state index in [0.29, 0.717) is 18.1 Å². The van der Waals surface area contributed by atoms with Gasteiger partial charge in [-0.05, 0) is 32.1 Å². The minimum Gasteiger partial charge on any atom is -0.429 e. The summed E-state index contributed by atoms with van der Waals surface area (Å²) in [6, 6.07) is 0. The van der Waals surface area contributed by atoms with Crippen LogP contribution in [-0.2, 0) is 9.53 Å². The van der Waals surface area contributed by atoms with Gasteiger partial charge in [-0.1, -0.05) is 6.92 Å². The highest BCUT2D eigenvalue weighted by atomic mass is 16.6. The summed E-state index contributed by atoms with van der Waals surface area (Å²) >= 11 is 0. The predicted molar refractivity (Wildman–Crippen MR) is 46.8 cm³/mol. The Kier molecular flexibility index (Phi) is 1.74. The lowest BCUT2D eigenvalue weighted by atomic mass is 9.76. The molecule has 3 heteroatoms. The second-order valence-electron chi connectivity index (χ2n) is 4.13. The van der Waals surface area contributed by atoms with Crippen LogP contribution in [0.4, 0.5) is 0 Å². The molecule has 13 heavy (non-hydrogen) atoms. The number of carbonyl (C=O) groups is 1. The van der Waals surface area contributed by atoms with Gasteiger partial charge in [0.2, 0.25) is 0 Å². The van der Waals surface area contributed by atoms with Gasteiger partial charge >= 0.3 is 5.97 Å². The molecular formula is C10H14O3. The van der Waals surface area contributed by atoms with E-state index >= 15 is 0 Å². The third-order valence-electron chi connectivity index (χ3n) is 3.04. The van der Waals surface area contributed by atoms with Gasteiger partial charge in [-0.25, -0.2) is 4.79 Å². The zero-order chi connectivity index (χ0) is 9.64. The third-order valence-corrected chi connectivity index (χ3v) is 3.04. The number of fused-ring (bicyclic) bond motifs is 1. The van der Waals surface area contributed by atoms with Crippen LogP contribution in [-0.4, -0.2) is 16.7 Å². The Morgan fingerprint density at radius 2 is 2.31 bits per heavy atom. The smallest absolute Gasteiger partial charge is 0.347 e. The van der Waals surface area contributed by atoms with E-state index in [4.69, 9.17) is 4.74 Å². The van der Waals surface area contributed by atoms with Crippen molar-refractivity contribution in [2.24, 2.45) is 5.92 Å². The lowest BCUT2D eigenvalue weighted by Crippen LogP contribution is -2.41. The molecule has 72 valence electrons. The summed E-state index contributed by atoms with van der Waals surface area (Å²) in [5, 5.41) is 10.1. The number of cyclic esters (lactones) is 1. The molecule has 0 radical (unpaired) electrons. The van der Waals surface area contributed by atoms with E-state index in [-0.39, 0.29) is 0 Å². The number of carbonyl (C=O) groups excluding carboxylic acids is 1. The molecule has 3 nitrogen and oxygen atoms in total. The van der Waals surface area contributed by atoms with Crippen molar-refractivity contribution in [3.05, 3.63) is 11.3 Å². The zero-order valence-corrected chi connectivity index (χ0v) is 7.96. The molecule has 1 N–H and O–H groups in total. The van der Waals surface area contributed by atoms with Crippen LogP contribution < -0.4 is 0 Å². The van der Waals surface area contributed by atoms with E-state index in [1.165, 1.54) is 0 Å². The number of rotatable bonds is 0. The summed E-state index contributed by atoms with van der Waals surface area (Å²) in [4.78, 5) is 11.4. The molecule has 0 bridgehead atoms. The van der Waals surface area contributed by atoms with Crippen molar-refractivity contribution >= 4 is 5.97 Å². The molecule has 1 heterocycles. The second kappa shape index (κ2) is 2.58. The van der Waals surface area contributed by atoms with E-state index < -0.39 is 11.6 Å². The molecular weight excluding hydrogens is 168 g/mol. The number of hydrogen-bond donors (Lipinski definition) is 1. The van der Waals surface area contributed by atoms with E-state index in [1.807, 2.05) is 0 Å². The molecule has 1 aliphatic heterocycles. The monoisotopic (exact) mass is 182 g/mol. The molecule has 2 aliphatic rings. The maximum atomic E-state index is 11.4. The largest absolute Gasteiger partial charge is 0.429 e. The maximum Gasteiger partial charge on any atom is 0.347 e. The molecule has 1 fully saturated rings. The van der Waals surface area contributed by atoms with Crippen molar-refractivity contribution in [2.75, 3.05) is 0 Å². The van der Waals surface area contributed by atoms with Crippen LogP contribution in [0.15, 0.2) is 11.3 Å². The van der Waals surface area contributed by atoms with Gasteiger partial charge in [0.15, 0.2) is 5.60 Å². The van der Waals surface area contributed by atoms with Crippen molar-refractivity contribution < 1.29 is 14.6 Å². The summed E-state index contributed by atoms with van der Waals surface area (Å²) in [7, 11) is 0. The van der Waals surface area contributed by atoms with Gasteiger partial charge in [0.25, 0.3) is 0 Å². The van der Waals surface area contributed by atoms with Gasteiger partial charge in [-0.15, -0.1) is 0 Å². The van der Waals surface area contributed by atoms with Crippen LogP contribution in [0.25, 0.3) is 0 Å². The molecule has 0 amide bonds. The fraction of sp³-hybridized carbons (Fsp3) is 0.700. The van der Waals surface area contributed by atoms with Gasteiger partial charge in [-0.2, -0.15) is 0 Å². The number of allylic oxidation sites excluding steroid dienone is 1. The first-order valence-corrected chi connectivity index (χ1v) is 4.69. The van der Waals surface area contributed by atoms with E-state index in [1.54, 1.807) is 6.92 Å². The SMILES string of the molecule is CC1=C2CCC(C)CC2(O)C(=O)O1. The van der Waals surface area contributed by atoms with Gasteiger partial charge in [0, 0.05) is 5.57 Å². The first-order valence-electron chi connectivity index (χ1n) is 4.69. The van der Waals surface area contributed by atoms with E-state index in [9.17, 15) is 9.90 Å². The van der Waals surface area contributed by atoms with Crippen LogP contribution in [0, 0.1) is 5.92 Å². The molecule has 0 aromatic carbocycles. The highest BCUT2D eigenvalue weighted by Crippen LogP contribution is 2.43. The fourth-order valence-electron chi connectivity index (χ4n) is 2.29. The molecule has 0 spiro atoms. The van der Waals surface area contributed by atoms with Crippen molar-refractivity contribution in [3.8, 4) is 0 Å². The fourth-order valence-corrected chi connectivity index (χ4v) is 2.29. The van der Waals surface area contributed by atoms with Crippen LogP contribution in [0.5, 0.6) is 0 Å². The van der Waals surface area contributed by atoms with Crippen molar-refractivity contribution in [1.82, 2.24) is 0 Å². The van der Waals surface area contributed by atoms with Crippen molar-refractivity contribution in [3.63, 3.8) is 0 Å². The maximum absolute atomic E-state index is 11.4. The molecule has 2 rings (SSSR count). The first-order chi connectivity index (χ1) is 6.04.